The zero-order valence-corrected chi connectivity index (χ0v) is 27.5. The van der Waals surface area contributed by atoms with Crippen LogP contribution in [0.1, 0.15) is 0 Å². The van der Waals surface area contributed by atoms with Gasteiger partial charge in [0.2, 0.25) is 0 Å². The van der Waals surface area contributed by atoms with Gasteiger partial charge < -0.3 is 4.42 Å². The molecule has 0 bridgehead atoms. The van der Waals surface area contributed by atoms with Crippen LogP contribution in [0, 0.1) is 0 Å². The number of furan rings is 1. The van der Waals surface area contributed by atoms with Crippen LogP contribution in [0.3, 0.4) is 0 Å². The summed E-state index contributed by atoms with van der Waals surface area (Å²) < 4.78 is 6.28. The van der Waals surface area contributed by atoms with Crippen LogP contribution < -0.4 is 0 Å². The molecule has 0 radical (unpaired) electrons. The van der Waals surface area contributed by atoms with Gasteiger partial charge in [-0.25, -0.2) is 15.0 Å². The molecule has 0 fully saturated rings. The van der Waals surface area contributed by atoms with E-state index in [-0.39, 0.29) is 0 Å². The molecule has 10 aromatic rings. The number of hydrogen-bond acceptors (Lipinski definition) is 4. The summed E-state index contributed by atoms with van der Waals surface area (Å²) in [4.78, 5) is 15.0. The van der Waals surface area contributed by atoms with Crippen molar-refractivity contribution in [1.29, 1.82) is 0 Å². The Morgan fingerprint density at radius 2 is 0.804 bits per heavy atom. The maximum atomic E-state index is 6.28. The zero-order valence-electron chi connectivity index (χ0n) is 27.5. The number of hydrogen-bond donors (Lipinski definition) is 0. The Labute approximate surface area is 294 Å². The minimum Gasteiger partial charge on any atom is -0.456 e. The molecule has 238 valence electrons. The Morgan fingerprint density at radius 1 is 0.294 bits per heavy atom. The van der Waals surface area contributed by atoms with E-state index in [9.17, 15) is 0 Å². The van der Waals surface area contributed by atoms with Crippen molar-refractivity contribution >= 4 is 43.5 Å². The van der Waals surface area contributed by atoms with Gasteiger partial charge in [-0.2, -0.15) is 0 Å². The maximum Gasteiger partial charge on any atom is 0.164 e. The summed E-state index contributed by atoms with van der Waals surface area (Å²) in [5, 5.41) is 7.07. The van der Waals surface area contributed by atoms with Crippen molar-refractivity contribution in [3.63, 3.8) is 0 Å². The van der Waals surface area contributed by atoms with Gasteiger partial charge in [0, 0.05) is 32.8 Å². The minimum atomic E-state index is 0.630. The van der Waals surface area contributed by atoms with Gasteiger partial charge in [0.05, 0.1) is 0 Å². The summed E-state index contributed by atoms with van der Waals surface area (Å²) in [6.45, 7) is 0. The standard InChI is InChI=1S/C47H29N3O/c1-3-10-30(11-4-1)31-18-23-35(24-19-31)46-48-45(34-12-5-2-6-13-34)49-47(50-46)38-15-9-14-36(28-38)37-25-21-32-20-22-33-26-27-42-44(43(33)40(32)29-37)39-16-7-8-17-41(39)51-42/h1-29H. The average molecular weight is 652 g/mol. The molecule has 51 heavy (non-hydrogen) atoms. The van der Waals surface area contributed by atoms with E-state index in [2.05, 4.69) is 127 Å². The van der Waals surface area contributed by atoms with Gasteiger partial charge in [0.15, 0.2) is 17.5 Å². The summed E-state index contributed by atoms with van der Waals surface area (Å²) in [7, 11) is 0. The fraction of sp³-hybridized carbons (Fsp3) is 0. The van der Waals surface area contributed by atoms with Crippen LogP contribution in [0.4, 0.5) is 0 Å². The number of para-hydroxylation sites is 1. The van der Waals surface area contributed by atoms with Gasteiger partial charge in [0.1, 0.15) is 11.2 Å². The molecule has 0 amide bonds. The zero-order chi connectivity index (χ0) is 33.7. The van der Waals surface area contributed by atoms with Gasteiger partial charge in [-0.1, -0.05) is 152 Å². The third-order valence-corrected chi connectivity index (χ3v) is 9.71. The Balaban J connectivity index is 1.10. The highest BCUT2D eigenvalue weighted by atomic mass is 16.3. The van der Waals surface area contributed by atoms with Crippen molar-refractivity contribution in [3.05, 3.63) is 176 Å². The number of fused-ring (bicyclic) bond motifs is 7. The molecule has 8 aromatic carbocycles. The summed E-state index contributed by atoms with van der Waals surface area (Å²) >= 11 is 0. The van der Waals surface area contributed by atoms with E-state index in [1.807, 2.05) is 48.5 Å². The molecule has 0 aliphatic carbocycles. The summed E-state index contributed by atoms with van der Waals surface area (Å²) in [5.41, 5.74) is 9.14. The molecule has 10 rings (SSSR count). The van der Waals surface area contributed by atoms with Crippen molar-refractivity contribution < 1.29 is 4.42 Å². The normalized spacial score (nSPS) is 11.5. The van der Waals surface area contributed by atoms with E-state index in [0.717, 1.165) is 55.3 Å². The van der Waals surface area contributed by atoms with Gasteiger partial charge in [-0.3, -0.25) is 0 Å². The SMILES string of the molecule is c1ccc(-c2ccc(-c3nc(-c4ccccc4)nc(-c4cccc(-c5ccc6ccc7ccc8oc9ccccc9c8c7c6c5)c4)n3)cc2)cc1. The molecule has 0 N–H and O–H groups in total. The molecule has 0 atom stereocenters. The fourth-order valence-corrected chi connectivity index (χ4v) is 7.17. The second kappa shape index (κ2) is 11.9. The first kappa shape index (κ1) is 29.0. The molecular formula is C47H29N3O. The third-order valence-electron chi connectivity index (χ3n) is 9.71. The van der Waals surface area contributed by atoms with Crippen LogP contribution in [0.2, 0.25) is 0 Å². The topological polar surface area (TPSA) is 51.8 Å². The van der Waals surface area contributed by atoms with E-state index in [1.54, 1.807) is 0 Å². The van der Waals surface area contributed by atoms with Gasteiger partial charge in [0.25, 0.3) is 0 Å². The molecule has 0 unspecified atom stereocenters. The van der Waals surface area contributed by atoms with Crippen molar-refractivity contribution in [2.75, 3.05) is 0 Å². The number of nitrogens with zero attached hydrogens (tertiary/aromatic N) is 3. The summed E-state index contributed by atoms with van der Waals surface area (Å²) in [5.74, 6) is 1.91. The molecular weight excluding hydrogens is 623 g/mol. The Bertz CT molecular complexity index is 2900. The van der Waals surface area contributed by atoms with Crippen LogP contribution in [0.25, 0.3) is 99.9 Å². The number of rotatable bonds is 5. The smallest absolute Gasteiger partial charge is 0.164 e. The average Bonchev–Trinajstić information content (AvgIpc) is 3.60. The minimum absolute atomic E-state index is 0.630. The van der Waals surface area contributed by atoms with Gasteiger partial charge in [-0.05, 0) is 62.7 Å². The van der Waals surface area contributed by atoms with Crippen LogP contribution in [0.15, 0.2) is 180 Å². The van der Waals surface area contributed by atoms with Crippen LogP contribution in [-0.4, -0.2) is 15.0 Å². The molecule has 4 heteroatoms. The van der Waals surface area contributed by atoms with E-state index in [4.69, 9.17) is 19.4 Å². The second-order valence-corrected chi connectivity index (χ2v) is 12.8. The lowest BCUT2D eigenvalue weighted by Crippen LogP contribution is -2.00. The van der Waals surface area contributed by atoms with E-state index in [1.165, 1.54) is 27.1 Å². The predicted molar refractivity (Wildman–Crippen MR) is 209 cm³/mol. The highest BCUT2D eigenvalue weighted by Gasteiger charge is 2.16. The van der Waals surface area contributed by atoms with Gasteiger partial charge in [-0.15, -0.1) is 0 Å². The van der Waals surface area contributed by atoms with Crippen LogP contribution in [0.5, 0.6) is 0 Å². The molecule has 0 aliphatic rings. The van der Waals surface area contributed by atoms with Crippen molar-refractivity contribution in [2.45, 2.75) is 0 Å². The predicted octanol–water partition coefficient (Wildman–Crippen LogP) is 12.4. The van der Waals surface area contributed by atoms with Crippen molar-refractivity contribution in [3.8, 4) is 56.4 Å². The molecule has 0 saturated heterocycles. The Hall–Kier alpha value is -6.91. The second-order valence-electron chi connectivity index (χ2n) is 12.8. The first-order chi connectivity index (χ1) is 25.2. The highest BCUT2D eigenvalue weighted by Crippen LogP contribution is 2.40. The number of benzene rings is 8. The summed E-state index contributed by atoms with van der Waals surface area (Å²) in [6.07, 6.45) is 0. The van der Waals surface area contributed by atoms with Gasteiger partial charge >= 0.3 is 0 Å². The lowest BCUT2D eigenvalue weighted by molar-refractivity contribution is 0.669. The third kappa shape index (κ3) is 5.13. The van der Waals surface area contributed by atoms with Crippen molar-refractivity contribution in [1.82, 2.24) is 15.0 Å². The van der Waals surface area contributed by atoms with Crippen LogP contribution in [-0.2, 0) is 0 Å². The first-order valence-electron chi connectivity index (χ1n) is 17.1. The Morgan fingerprint density at radius 3 is 1.59 bits per heavy atom. The monoisotopic (exact) mass is 651 g/mol. The van der Waals surface area contributed by atoms with E-state index in [0.29, 0.717) is 17.5 Å². The van der Waals surface area contributed by atoms with E-state index < -0.39 is 0 Å². The molecule has 2 heterocycles. The lowest BCUT2D eigenvalue weighted by Gasteiger charge is -2.11. The van der Waals surface area contributed by atoms with E-state index >= 15 is 0 Å². The maximum absolute atomic E-state index is 6.28. The first-order valence-corrected chi connectivity index (χ1v) is 17.1. The highest BCUT2D eigenvalue weighted by molar-refractivity contribution is 6.26. The fourth-order valence-electron chi connectivity index (χ4n) is 7.17. The molecule has 0 saturated carbocycles. The molecule has 2 aromatic heterocycles. The Kier molecular flexibility index (Phi) is 6.78. The van der Waals surface area contributed by atoms with Crippen LogP contribution >= 0.6 is 0 Å². The quantitative estimate of drug-likeness (QED) is 0.174. The molecule has 0 spiro atoms. The molecule has 0 aliphatic heterocycles. The number of aromatic nitrogens is 3. The van der Waals surface area contributed by atoms with Crippen molar-refractivity contribution in [2.24, 2.45) is 0 Å². The largest absolute Gasteiger partial charge is 0.456 e. The summed E-state index contributed by atoms with van der Waals surface area (Å²) in [6, 6.07) is 61.1. The lowest BCUT2D eigenvalue weighted by atomic mass is 9.94. The molecule has 4 nitrogen and oxygen atoms in total.